The first-order chi connectivity index (χ1) is 8.51. The van der Waals surface area contributed by atoms with Gasteiger partial charge < -0.3 is 19.3 Å². The van der Waals surface area contributed by atoms with Crippen molar-refractivity contribution in [3.05, 3.63) is 30.3 Å². The molecule has 1 aromatic rings. The van der Waals surface area contributed by atoms with Gasteiger partial charge in [-0.15, -0.1) is 0 Å². The van der Waals surface area contributed by atoms with Crippen LogP contribution in [0.1, 0.15) is 19.8 Å². The highest BCUT2D eigenvalue weighted by Crippen LogP contribution is 2.28. The number of aliphatic hydroxyl groups is 1. The van der Waals surface area contributed by atoms with Gasteiger partial charge in [0.1, 0.15) is 0 Å². The minimum atomic E-state index is -2.71. The molecule has 1 rings (SSSR count). The fourth-order valence-electron chi connectivity index (χ4n) is 1.95. The molecule has 0 amide bonds. The lowest BCUT2D eigenvalue weighted by Gasteiger charge is -2.40. The summed E-state index contributed by atoms with van der Waals surface area (Å²) >= 11 is 0. The molecule has 0 heterocycles. The van der Waals surface area contributed by atoms with Crippen molar-refractivity contribution in [2.24, 2.45) is 0 Å². The van der Waals surface area contributed by atoms with Gasteiger partial charge in [0.2, 0.25) is 0 Å². The smallest absolute Gasteiger partial charge is 0.388 e. The topological polar surface area (TPSA) is 50.7 Å². The van der Waals surface area contributed by atoms with Gasteiger partial charge in [-0.3, -0.25) is 0 Å². The number of hydrogen-bond donors (Lipinski definition) is 2. The molecule has 0 radical (unpaired) electrons. The van der Waals surface area contributed by atoms with Crippen molar-refractivity contribution in [1.29, 1.82) is 0 Å². The van der Waals surface area contributed by atoms with Crippen LogP contribution >= 0.6 is 0 Å². The third-order valence-corrected chi connectivity index (χ3v) is 6.70. The van der Waals surface area contributed by atoms with Gasteiger partial charge in [-0.1, -0.05) is 31.5 Å². The summed E-state index contributed by atoms with van der Waals surface area (Å²) in [6.45, 7) is 3.89. The first-order valence-electron chi connectivity index (χ1n) is 6.17. The molecule has 0 aliphatic carbocycles. The molecule has 0 fully saturated rings. The SMILES string of the molecule is CCCC(O)(Nc1ccccc1)[Si](C)(OC)OC. The molecule has 0 bridgehead atoms. The van der Waals surface area contributed by atoms with Gasteiger partial charge in [-0.25, -0.2) is 0 Å². The minimum absolute atomic E-state index is 0.576. The largest absolute Gasteiger partial charge is 0.395 e. The number of rotatable bonds is 7. The van der Waals surface area contributed by atoms with Gasteiger partial charge in [0.05, 0.1) is 0 Å². The summed E-state index contributed by atoms with van der Waals surface area (Å²) in [6, 6.07) is 9.62. The van der Waals surface area contributed by atoms with Crippen molar-refractivity contribution in [3.8, 4) is 0 Å². The van der Waals surface area contributed by atoms with Crippen LogP contribution in [0.15, 0.2) is 30.3 Å². The zero-order valence-corrected chi connectivity index (χ0v) is 12.6. The quantitative estimate of drug-likeness (QED) is 0.590. The number of nitrogens with one attached hydrogen (secondary N) is 1. The molecule has 0 aliphatic rings. The first-order valence-corrected chi connectivity index (χ1v) is 8.49. The Kier molecular flexibility index (Phi) is 5.34. The van der Waals surface area contributed by atoms with Gasteiger partial charge in [-0.05, 0) is 25.1 Å². The second-order valence-corrected chi connectivity index (χ2v) is 7.99. The Morgan fingerprint density at radius 1 is 1.22 bits per heavy atom. The van der Waals surface area contributed by atoms with Crippen LogP contribution in [-0.4, -0.2) is 33.2 Å². The van der Waals surface area contributed by atoms with Crippen LogP contribution in [0, 0.1) is 0 Å². The van der Waals surface area contributed by atoms with Gasteiger partial charge in [0.25, 0.3) is 0 Å². The zero-order chi connectivity index (χ0) is 13.6. The monoisotopic (exact) mass is 269 g/mol. The highest BCUT2D eigenvalue weighted by molar-refractivity contribution is 6.69. The summed E-state index contributed by atoms with van der Waals surface area (Å²) in [6.07, 6.45) is 1.41. The summed E-state index contributed by atoms with van der Waals surface area (Å²) in [5.74, 6) is 0. The van der Waals surface area contributed by atoms with Crippen molar-refractivity contribution in [2.45, 2.75) is 31.7 Å². The third-order valence-electron chi connectivity index (χ3n) is 3.27. The van der Waals surface area contributed by atoms with Crippen molar-refractivity contribution >= 4 is 14.2 Å². The van der Waals surface area contributed by atoms with Crippen molar-refractivity contribution in [1.82, 2.24) is 0 Å². The van der Waals surface area contributed by atoms with E-state index in [0.29, 0.717) is 6.42 Å². The number of anilines is 1. The molecule has 1 atom stereocenters. The molecule has 5 heteroatoms. The zero-order valence-electron chi connectivity index (χ0n) is 11.6. The van der Waals surface area contributed by atoms with E-state index in [-0.39, 0.29) is 0 Å². The lowest BCUT2D eigenvalue weighted by molar-refractivity contribution is 0.0673. The molecule has 18 heavy (non-hydrogen) atoms. The molecular weight excluding hydrogens is 246 g/mol. The van der Waals surface area contributed by atoms with E-state index in [4.69, 9.17) is 8.85 Å². The third kappa shape index (κ3) is 3.11. The van der Waals surface area contributed by atoms with E-state index in [1.54, 1.807) is 14.2 Å². The molecule has 0 aliphatic heterocycles. The molecule has 0 aromatic heterocycles. The van der Waals surface area contributed by atoms with E-state index in [2.05, 4.69) is 5.32 Å². The highest BCUT2D eigenvalue weighted by Gasteiger charge is 2.52. The van der Waals surface area contributed by atoms with Crippen LogP contribution in [0.2, 0.25) is 6.55 Å². The van der Waals surface area contributed by atoms with Crippen LogP contribution in [0.3, 0.4) is 0 Å². The molecular formula is C13H23NO3Si. The van der Waals surface area contributed by atoms with Crippen LogP contribution in [0.5, 0.6) is 0 Å². The van der Waals surface area contributed by atoms with E-state index >= 15 is 0 Å². The summed E-state index contributed by atoms with van der Waals surface area (Å²) in [4.78, 5) is 0. The van der Waals surface area contributed by atoms with E-state index in [1.165, 1.54) is 0 Å². The van der Waals surface area contributed by atoms with Crippen molar-refractivity contribution < 1.29 is 14.0 Å². The number of hydrogen-bond acceptors (Lipinski definition) is 4. The first kappa shape index (κ1) is 15.2. The molecule has 1 unspecified atom stereocenters. The maximum absolute atomic E-state index is 10.9. The van der Waals surface area contributed by atoms with Gasteiger partial charge >= 0.3 is 8.56 Å². The maximum Gasteiger partial charge on any atom is 0.388 e. The Hall–Kier alpha value is -0.883. The van der Waals surface area contributed by atoms with E-state index < -0.39 is 13.9 Å². The Morgan fingerprint density at radius 2 is 1.78 bits per heavy atom. The Morgan fingerprint density at radius 3 is 2.22 bits per heavy atom. The summed E-state index contributed by atoms with van der Waals surface area (Å²) in [7, 11) is 0.462. The van der Waals surface area contributed by atoms with Crippen LogP contribution in [0.25, 0.3) is 0 Å². The Labute approximate surface area is 110 Å². The average molecular weight is 269 g/mol. The van der Waals surface area contributed by atoms with Crippen molar-refractivity contribution in [3.63, 3.8) is 0 Å². The Balaban J connectivity index is 3.00. The van der Waals surface area contributed by atoms with Crippen molar-refractivity contribution in [2.75, 3.05) is 19.5 Å². The highest BCUT2D eigenvalue weighted by atomic mass is 28.4. The minimum Gasteiger partial charge on any atom is -0.395 e. The number of benzene rings is 1. The van der Waals surface area contributed by atoms with Gasteiger partial charge in [-0.2, -0.15) is 0 Å². The predicted octanol–water partition coefficient (Wildman–Crippen LogP) is 2.49. The van der Waals surface area contributed by atoms with E-state index in [9.17, 15) is 5.11 Å². The lowest BCUT2D eigenvalue weighted by atomic mass is 10.2. The fourth-order valence-corrected chi connectivity index (χ4v) is 3.86. The summed E-state index contributed by atoms with van der Waals surface area (Å²) < 4.78 is 11.0. The lowest BCUT2D eigenvalue weighted by Crippen LogP contribution is -2.64. The Bertz CT molecular complexity index is 357. The second kappa shape index (κ2) is 6.33. The second-order valence-electron chi connectivity index (χ2n) is 4.46. The molecule has 0 saturated carbocycles. The summed E-state index contributed by atoms with van der Waals surface area (Å²) in [5.41, 5.74) is 0.862. The van der Waals surface area contributed by atoms with E-state index in [0.717, 1.165) is 12.1 Å². The van der Waals surface area contributed by atoms with E-state index in [1.807, 2.05) is 43.8 Å². The predicted molar refractivity (Wildman–Crippen MR) is 75.6 cm³/mol. The molecule has 4 nitrogen and oxygen atoms in total. The average Bonchev–Trinajstić information content (AvgIpc) is 2.39. The molecule has 0 spiro atoms. The molecule has 102 valence electrons. The van der Waals surface area contributed by atoms with Crippen LogP contribution < -0.4 is 5.32 Å². The molecule has 0 saturated heterocycles. The van der Waals surface area contributed by atoms with Gasteiger partial charge in [0, 0.05) is 19.9 Å². The molecule has 1 aromatic carbocycles. The normalized spacial score (nSPS) is 15.2. The van der Waals surface area contributed by atoms with Gasteiger partial charge in [0.15, 0.2) is 5.35 Å². The standard InChI is InChI=1S/C13H23NO3Si/c1-5-11-13(15,18(4,16-2)17-3)14-12-9-7-6-8-10-12/h6-10,14-15H,5,11H2,1-4H3. The van der Waals surface area contributed by atoms with Crippen LogP contribution in [-0.2, 0) is 8.85 Å². The number of para-hydroxylation sites is 1. The maximum atomic E-state index is 10.9. The summed E-state index contributed by atoms with van der Waals surface area (Å²) in [5, 5.41) is 12.9. The fraction of sp³-hybridized carbons (Fsp3) is 0.538. The molecule has 2 N–H and O–H groups in total. The van der Waals surface area contributed by atoms with Crippen LogP contribution in [0.4, 0.5) is 5.69 Å².